The van der Waals surface area contributed by atoms with Crippen molar-refractivity contribution in [1.29, 1.82) is 0 Å². The Morgan fingerprint density at radius 1 is 1.12 bits per heavy atom. The largest absolute Gasteiger partial charge is 0.396 e. The second-order valence-electron chi connectivity index (χ2n) is 4.87. The van der Waals surface area contributed by atoms with Crippen LogP contribution >= 0.6 is 0 Å². The maximum absolute atomic E-state index is 12.7. The Bertz CT molecular complexity index is 339. The maximum Gasteiger partial charge on any atom is 0.123 e. The summed E-state index contributed by atoms with van der Waals surface area (Å²) >= 11 is 0. The third-order valence-electron chi connectivity index (χ3n) is 3.71. The number of benzene rings is 1. The SMILES string of the molecule is OCC1CCCCC1CNc1ccc(F)cc1. The van der Waals surface area contributed by atoms with E-state index in [1.54, 1.807) is 12.1 Å². The predicted molar refractivity (Wildman–Crippen MR) is 67.4 cm³/mol. The smallest absolute Gasteiger partial charge is 0.123 e. The van der Waals surface area contributed by atoms with Crippen LogP contribution in [0.2, 0.25) is 0 Å². The number of nitrogens with one attached hydrogen (secondary N) is 1. The first-order valence-electron chi connectivity index (χ1n) is 6.40. The second-order valence-corrected chi connectivity index (χ2v) is 4.87. The molecule has 2 atom stereocenters. The van der Waals surface area contributed by atoms with Gasteiger partial charge in [-0.2, -0.15) is 0 Å². The Balaban J connectivity index is 1.86. The molecule has 0 saturated heterocycles. The number of hydrogen-bond donors (Lipinski definition) is 2. The highest BCUT2D eigenvalue weighted by Crippen LogP contribution is 2.29. The fourth-order valence-corrected chi connectivity index (χ4v) is 2.61. The number of halogens is 1. The minimum absolute atomic E-state index is 0.207. The minimum atomic E-state index is -0.207. The molecule has 0 spiro atoms. The van der Waals surface area contributed by atoms with E-state index in [-0.39, 0.29) is 12.4 Å². The first-order valence-corrected chi connectivity index (χ1v) is 6.40. The zero-order valence-electron chi connectivity index (χ0n) is 10.0. The lowest BCUT2D eigenvalue weighted by molar-refractivity contribution is 0.141. The quantitative estimate of drug-likeness (QED) is 0.843. The number of rotatable bonds is 4. The van der Waals surface area contributed by atoms with Gasteiger partial charge in [0.05, 0.1) is 0 Å². The van der Waals surface area contributed by atoms with E-state index in [1.807, 2.05) is 0 Å². The molecular weight excluding hydrogens is 217 g/mol. The van der Waals surface area contributed by atoms with E-state index in [2.05, 4.69) is 5.32 Å². The highest BCUT2D eigenvalue weighted by Gasteiger charge is 2.23. The van der Waals surface area contributed by atoms with Gasteiger partial charge in [-0.25, -0.2) is 4.39 Å². The monoisotopic (exact) mass is 237 g/mol. The number of anilines is 1. The summed E-state index contributed by atoms with van der Waals surface area (Å²) in [7, 11) is 0. The second kappa shape index (κ2) is 6.01. The molecule has 2 nitrogen and oxygen atoms in total. The van der Waals surface area contributed by atoms with Crippen molar-refractivity contribution in [3.05, 3.63) is 30.1 Å². The van der Waals surface area contributed by atoms with Crippen LogP contribution in [0.15, 0.2) is 24.3 Å². The van der Waals surface area contributed by atoms with Crippen molar-refractivity contribution in [2.45, 2.75) is 25.7 Å². The van der Waals surface area contributed by atoms with Crippen LogP contribution in [-0.4, -0.2) is 18.3 Å². The Morgan fingerprint density at radius 2 is 1.76 bits per heavy atom. The van der Waals surface area contributed by atoms with Gasteiger partial charge in [-0.05, 0) is 48.9 Å². The van der Waals surface area contributed by atoms with Crippen molar-refractivity contribution in [3.8, 4) is 0 Å². The van der Waals surface area contributed by atoms with E-state index in [0.717, 1.165) is 18.7 Å². The molecule has 0 aromatic heterocycles. The lowest BCUT2D eigenvalue weighted by atomic mass is 9.79. The van der Waals surface area contributed by atoms with E-state index < -0.39 is 0 Å². The molecule has 3 heteroatoms. The van der Waals surface area contributed by atoms with Crippen molar-refractivity contribution in [2.75, 3.05) is 18.5 Å². The molecule has 0 heterocycles. The molecule has 1 fully saturated rings. The summed E-state index contributed by atoms with van der Waals surface area (Å²) in [5.41, 5.74) is 0.952. The highest BCUT2D eigenvalue weighted by molar-refractivity contribution is 5.42. The van der Waals surface area contributed by atoms with Crippen molar-refractivity contribution >= 4 is 5.69 Å². The molecule has 1 aliphatic carbocycles. The van der Waals surface area contributed by atoms with Gasteiger partial charge in [0, 0.05) is 18.8 Å². The zero-order chi connectivity index (χ0) is 12.1. The van der Waals surface area contributed by atoms with Crippen LogP contribution in [0.1, 0.15) is 25.7 Å². The van der Waals surface area contributed by atoms with Crippen LogP contribution < -0.4 is 5.32 Å². The molecule has 2 rings (SSSR count). The van der Waals surface area contributed by atoms with E-state index in [1.165, 1.54) is 31.4 Å². The molecular formula is C14H20FNO. The predicted octanol–water partition coefficient (Wildman–Crippen LogP) is 3.04. The summed E-state index contributed by atoms with van der Waals surface area (Å²) in [6.45, 7) is 1.16. The summed E-state index contributed by atoms with van der Waals surface area (Å²) in [6.07, 6.45) is 4.80. The molecule has 2 unspecified atom stereocenters. The molecule has 0 aliphatic heterocycles. The number of aliphatic hydroxyl groups is 1. The van der Waals surface area contributed by atoms with Crippen LogP contribution in [0.25, 0.3) is 0 Å². The average Bonchev–Trinajstić information content (AvgIpc) is 2.38. The van der Waals surface area contributed by atoms with Crippen LogP contribution in [0.5, 0.6) is 0 Å². The molecule has 0 bridgehead atoms. The third-order valence-corrected chi connectivity index (χ3v) is 3.71. The normalized spacial score (nSPS) is 24.6. The van der Waals surface area contributed by atoms with Gasteiger partial charge in [-0.1, -0.05) is 12.8 Å². The zero-order valence-corrected chi connectivity index (χ0v) is 10.0. The summed E-state index contributed by atoms with van der Waals surface area (Å²) in [5.74, 6) is 0.761. The number of aliphatic hydroxyl groups excluding tert-OH is 1. The maximum atomic E-state index is 12.7. The van der Waals surface area contributed by atoms with Crippen LogP contribution in [-0.2, 0) is 0 Å². The standard InChI is InChI=1S/C14H20FNO/c15-13-5-7-14(8-6-13)16-9-11-3-1-2-4-12(11)10-17/h5-8,11-12,16-17H,1-4,9-10H2. The number of hydrogen-bond acceptors (Lipinski definition) is 2. The minimum Gasteiger partial charge on any atom is -0.396 e. The fraction of sp³-hybridized carbons (Fsp3) is 0.571. The molecule has 94 valence electrons. The van der Waals surface area contributed by atoms with Crippen molar-refractivity contribution in [3.63, 3.8) is 0 Å². The van der Waals surface area contributed by atoms with Gasteiger partial charge >= 0.3 is 0 Å². The van der Waals surface area contributed by atoms with Crippen molar-refractivity contribution < 1.29 is 9.50 Å². The summed E-state index contributed by atoms with van der Waals surface area (Å²) in [6, 6.07) is 6.44. The average molecular weight is 237 g/mol. The summed E-state index contributed by atoms with van der Waals surface area (Å²) in [4.78, 5) is 0. The van der Waals surface area contributed by atoms with Crippen molar-refractivity contribution in [2.24, 2.45) is 11.8 Å². The Hall–Kier alpha value is -1.09. The van der Waals surface area contributed by atoms with Crippen LogP contribution in [0, 0.1) is 17.7 Å². The Labute approximate surface area is 102 Å². The molecule has 0 radical (unpaired) electrons. The molecule has 1 aliphatic rings. The first kappa shape index (κ1) is 12.4. The van der Waals surface area contributed by atoms with Gasteiger partial charge in [0.2, 0.25) is 0 Å². The van der Waals surface area contributed by atoms with Gasteiger partial charge in [0.25, 0.3) is 0 Å². The Morgan fingerprint density at radius 3 is 2.41 bits per heavy atom. The topological polar surface area (TPSA) is 32.3 Å². The van der Waals surface area contributed by atoms with E-state index in [9.17, 15) is 9.50 Å². The van der Waals surface area contributed by atoms with Crippen LogP contribution in [0.3, 0.4) is 0 Å². The first-order chi connectivity index (χ1) is 8.29. The lowest BCUT2D eigenvalue weighted by Crippen LogP contribution is -2.28. The molecule has 1 aromatic carbocycles. The van der Waals surface area contributed by atoms with E-state index >= 15 is 0 Å². The van der Waals surface area contributed by atoms with Crippen LogP contribution in [0.4, 0.5) is 10.1 Å². The van der Waals surface area contributed by atoms with Gasteiger partial charge in [0.1, 0.15) is 5.82 Å². The fourth-order valence-electron chi connectivity index (χ4n) is 2.61. The summed E-state index contributed by atoms with van der Waals surface area (Å²) in [5, 5.41) is 12.6. The highest BCUT2D eigenvalue weighted by atomic mass is 19.1. The lowest BCUT2D eigenvalue weighted by Gasteiger charge is -2.30. The van der Waals surface area contributed by atoms with E-state index in [0.29, 0.717) is 11.8 Å². The molecule has 1 saturated carbocycles. The summed E-state index contributed by atoms with van der Waals surface area (Å²) < 4.78 is 12.7. The molecule has 1 aromatic rings. The molecule has 0 amide bonds. The molecule has 17 heavy (non-hydrogen) atoms. The van der Waals surface area contributed by atoms with Gasteiger partial charge in [-0.3, -0.25) is 0 Å². The Kier molecular flexibility index (Phi) is 4.37. The van der Waals surface area contributed by atoms with Gasteiger partial charge in [0.15, 0.2) is 0 Å². The van der Waals surface area contributed by atoms with Gasteiger partial charge < -0.3 is 10.4 Å². The van der Waals surface area contributed by atoms with E-state index in [4.69, 9.17) is 0 Å². The molecule has 2 N–H and O–H groups in total. The third kappa shape index (κ3) is 3.43. The van der Waals surface area contributed by atoms with Gasteiger partial charge in [-0.15, -0.1) is 0 Å². The van der Waals surface area contributed by atoms with Crippen molar-refractivity contribution in [1.82, 2.24) is 0 Å².